The van der Waals surface area contributed by atoms with Crippen molar-refractivity contribution in [2.45, 2.75) is 45.4 Å². The third kappa shape index (κ3) is 6.42. The number of carbonyl (C=O) groups excluding carboxylic acids is 2. The van der Waals surface area contributed by atoms with Crippen LogP contribution < -0.4 is 5.32 Å². The molecule has 0 radical (unpaired) electrons. The van der Waals surface area contributed by atoms with Gasteiger partial charge in [0, 0.05) is 32.1 Å². The molecule has 1 aromatic rings. The Kier molecular flexibility index (Phi) is 7.21. The fourth-order valence-electron chi connectivity index (χ4n) is 2.96. The SMILES string of the molecule is CC(=O)N(CCC(=O)Nc1cccc(C#N)c1)CCC1=CCCCC1. The highest BCUT2D eigenvalue weighted by atomic mass is 16.2. The largest absolute Gasteiger partial charge is 0.342 e. The number of nitrogens with one attached hydrogen (secondary N) is 1. The minimum Gasteiger partial charge on any atom is -0.342 e. The number of amides is 2. The molecule has 0 aliphatic heterocycles. The molecule has 25 heavy (non-hydrogen) atoms. The van der Waals surface area contributed by atoms with Crippen LogP contribution in [-0.2, 0) is 9.59 Å². The van der Waals surface area contributed by atoms with Gasteiger partial charge < -0.3 is 10.2 Å². The molecular formula is C20H25N3O2. The maximum absolute atomic E-state index is 12.1. The van der Waals surface area contributed by atoms with Crippen LogP contribution in [0.2, 0.25) is 0 Å². The lowest BCUT2D eigenvalue weighted by molar-refractivity contribution is -0.129. The number of rotatable bonds is 7. The summed E-state index contributed by atoms with van der Waals surface area (Å²) in [5.74, 6) is -0.158. The van der Waals surface area contributed by atoms with E-state index in [1.165, 1.54) is 18.4 Å². The fourth-order valence-corrected chi connectivity index (χ4v) is 2.96. The van der Waals surface area contributed by atoms with Crippen LogP contribution in [0.4, 0.5) is 5.69 Å². The molecule has 132 valence electrons. The van der Waals surface area contributed by atoms with Crippen molar-refractivity contribution < 1.29 is 9.59 Å². The summed E-state index contributed by atoms with van der Waals surface area (Å²) in [6, 6.07) is 8.84. The van der Waals surface area contributed by atoms with Crippen molar-refractivity contribution in [2.24, 2.45) is 0 Å². The summed E-state index contributed by atoms with van der Waals surface area (Å²) in [6.07, 6.45) is 8.18. The van der Waals surface area contributed by atoms with Gasteiger partial charge in [0.05, 0.1) is 11.6 Å². The van der Waals surface area contributed by atoms with Gasteiger partial charge in [-0.05, 0) is 50.3 Å². The van der Waals surface area contributed by atoms with Gasteiger partial charge in [-0.1, -0.05) is 17.7 Å². The van der Waals surface area contributed by atoms with Crippen molar-refractivity contribution in [1.29, 1.82) is 5.26 Å². The van der Waals surface area contributed by atoms with E-state index in [-0.39, 0.29) is 18.2 Å². The molecule has 2 rings (SSSR count). The average Bonchev–Trinajstić information content (AvgIpc) is 2.62. The first kappa shape index (κ1) is 18.7. The Morgan fingerprint density at radius 1 is 1.28 bits per heavy atom. The number of carbonyl (C=O) groups is 2. The second kappa shape index (κ2) is 9.63. The Labute approximate surface area is 149 Å². The Hall–Kier alpha value is -2.61. The highest BCUT2D eigenvalue weighted by molar-refractivity contribution is 5.91. The highest BCUT2D eigenvalue weighted by Gasteiger charge is 2.13. The Balaban J connectivity index is 1.81. The second-order valence-electron chi connectivity index (χ2n) is 6.36. The molecule has 5 heteroatoms. The van der Waals surface area contributed by atoms with Crippen molar-refractivity contribution in [3.8, 4) is 6.07 Å². The lowest BCUT2D eigenvalue weighted by Crippen LogP contribution is -2.33. The number of nitrogens with zero attached hydrogens (tertiary/aromatic N) is 2. The van der Waals surface area contributed by atoms with Gasteiger partial charge in [0.1, 0.15) is 0 Å². The molecule has 0 saturated carbocycles. The average molecular weight is 339 g/mol. The number of allylic oxidation sites excluding steroid dienone is 1. The molecule has 0 heterocycles. The van der Waals surface area contributed by atoms with Gasteiger partial charge in [0.2, 0.25) is 11.8 Å². The van der Waals surface area contributed by atoms with Gasteiger partial charge in [-0.15, -0.1) is 0 Å². The maximum Gasteiger partial charge on any atom is 0.226 e. The van der Waals surface area contributed by atoms with E-state index in [2.05, 4.69) is 11.4 Å². The van der Waals surface area contributed by atoms with E-state index < -0.39 is 0 Å². The summed E-state index contributed by atoms with van der Waals surface area (Å²) < 4.78 is 0. The predicted molar refractivity (Wildman–Crippen MR) is 97.8 cm³/mol. The first-order valence-electron chi connectivity index (χ1n) is 8.82. The fraction of sp³-hybridized carbons (Fsp3) is 0.450. The first-order valence-corrected chi connectivity index (χ1v) is 8.82. The normalized spacial score (nSPS) is 13.5. The molecule has 1 N–H and O–H groups in total. The number of hydrogen-bond donors (Lipinski definition) is 1. The summed E-state index contributed by atoms with van der Waals surface area (Å²) in [7, 11) is 0. The van der Waals surface area contributed by atoms with Crippen LogP contribution in [0.25, 0.3) is 0 Å². The molecule has 0 atom stereocenters. The van der Waals surface area contributed by atoms with E-state index in [1.807, 2.05) is 6.07 Å². The highest BCUT2D eigenvalue weighted by Crippen LogP contribution is 2.20. The molecule has 1 aromatic carbocycles. The van der Waals surface area contributed by atoms with E-state index in [0.717, 1.165) is 19.3 Å². The van der Waals surface area contributed by atoms with Crippen LogP contribution >= 0.6 is 0 Å². The van der Waals surface area contributed by atoms with E-state index >= 15 is 0 Å². The first-order chi connectivity index (χ1) is 12.1. The molecule has 1 aliphatic rings. The summed E-state index contributed by atoms with van der Waals surface area (Å²) in [5, 5.41) is 11.7. The Bertz CT molecular complexity index is 688. The summed E-state index contributed by atoms with van der Waals surface area (Å²) >= 11 is 0. The van der Waals surface area contributed by atoms with Crippen molar-refractivity contribution in [3.63, 3.8) is 0 Å². The third-order valence-electron chi connectivity index (χ3n) is 4.42. The smallest absolute Gasteiger partial charge is 0.226 e. The van der Waals surface area contributed by atoms with Crippen molar-refractivity contribution in [1.82, 2.24) is 4.90 Å². The number of nitriles is 1. The van der Waals surface area contributed by atoms with Gasteiger partial charge in [-0.25, -0.2) is 0 Å². The zero-order valence-corrected chi connectivity index (χ0v) is 14.8. The Morgan fingerprint density at radius 3 is 2.80 bits per heavy atom. The number of anilines is 1. The molecule has 0 spiro atoms. The van der Waals surface area contributed by atoms with Crippen LogP contribution in [0, 0.1) is 11.3 Å². The van der Waals surface area contributed by atoms with Crippen LogP contribution in [0.1, 0.15) is 51.0 Å². The lowest BCUT2D eigenvalue weighted by atomic mass is 9.97. The molecule has 5 nitrogen and oxygen atoms in total. The molecule has 0 aromatic heterocycles. The van der Waals surface area contributed by atoms with Crippen LogP contribution in [0.5, 0.6) is 0 Å². The van der Waals surface area contributed by atoms with Gasteiger partial charge in [0.15, 0.2) is 0 Å². The van der Waals surface area contributed by atoms with E-state index in [4.69, 9.17) is 5.26 Å². The van der Waals surface area contributed by atoms with E-state index in [1.54, 1.807) is 36.1 Å². The maximum atomic E-state index is 12.1. The van der Waals surface area contributed by atoms with Crippen molar-refractivity contribution in [2.75, 3.05) is 18.4 Å². The summed E-state index contributed by atoms with van der Waals surface area (Å²) in [4.78, 5) is 25.6. The van der Waals surface area contributed by atoms with Gasteiger partial charge in [-0.3, -0.25) is 9.59 Å². The zero-order valence-electron chi connectivity index (χ0n) is 14.8. The molecule has 1 aliphatic carbocycles. The number of hydrogen-bond acceptors (Lipinski definition) is 3. The topological polar surface area (TPSA) is 73.2 Å². The van der Waals surface area contributed by atoms with Gasteiger partial charge in [-0.2, -0.15) is 5.26 Å². The molecular weight excluding hydrogens is 314 g/mol. The van der Waals surface area contributed by atoms with Crippen LogP contribution in [0.15, 0.2) is 35.9 Å². The molecule has 0 unspecified atom stereocenters. The lowest BCUT2D eigenvalue weighted by Gasteiger charge is -2.22. The monoisotopic (exact) mass is 339 g/mol. The minimum absolute atomic E-state index is 0.00399. The quantitative estimate of drug-likeness (QED) is 0.771. The van der Waals surface area contributed by atoms with Crippen molar-refractivity contribution >= 4 is 17.5 Å². The summed E-state index contributed by atoms with van der Waals surface area (Å²) in [5.41, 5.74) is 2.53. The third-order valence-corrected chi connectivity index (χ3v) is 4.42. The standard InChI is InChI=1S/C20H25N3O2/c1-16(24)23(12-10-17-6-3-2-4-7-17)13-11-20(25)22-19-9-5-8-18(14-19)15-21/h5-6,8-9,14H,2-4,7,10-13H2,1H3,(H,22,25). The minimum atomic E-state index is -0.154. The van der Waals surface area contributed by atoms with Crippen LogP contribution in [-0.4, -0.2) is 29.8 Å². The molecule has 0 fully saturated rings. The molecule has 0 bridgehead atoms. The second-order valence-corrected chi connectivity index (χ2v) is 6.36. The summed E-state index contributed by atoms with van der Waals surface area (Å²) in [6.45, 7) is 2.62. The zero-order chi connectivity index (χ0) is 18.1. The molecule has 2 amide bonds. The van der Waals surface area contributed by atoms with E-state index in [0.29, 0.717) is 24.3 Å². The van der Waals surface area contributed by atoms with Gasteiger partial charge >= 0.3 is 0 Å². The number of benzene rings is 1. The van der Waals surface area contributed by atoms with Gasteiger partial charge in [0.25, 0.3) is 0 Å². The predicted octanol–water partition coefficient (Wildman–Crippen LogP) is 3.63. The van der Waals surface area contributed by atoms with E-state index in [9.17, 15) is 9.59 Å². The molecule has 0 saturated heterocycles. The van der Waals surface area contributed by atoms with Crippen molar-refractivity contribution in [3.05, 3.63) is 41.5 Å². The Morgan fingerprint density at radius 2 is 2.12 bits per heavy atom. The van der Waals surface area contributed by atoms with Crippen LogP contribution in [0.3, 0.4) is 0 Å².